The summed E-state index contributed by atoms with van der Waals surface area (Å²) in [5, 5.41) is 0. The quantitative estimate of drug-likeness (QED) is 0.621. The molecule has 0 N–H and O–H groups in total. The van der Waals surface area contributed by atoms with Crippen LogP contribution in [0.4, 0.5) is 0 Å². The van der Waals surface area contributed by atoms with Crippen LogP contribution in [0, 0.1) is 5.92 Å². The highest BCUT2D eigenvalue weighted by Gasteiger charge is 2.19. The molecule has 0 aromatic rings. The monoisotopic (exact) mass is 194 g/mol. The van der Waals surface area contributed by atoms with Crippen LogP contribution in [0.1, 0.15) is 58.8 Å². The smallest absolute Gasteiger partial charge is 0.136 e. The van der Waals surface area contributed by atoms with Crippen LogP contribution in [0.2, 0.25) is 0 Å². The second-order valence-corrected chi connectivity index (χ2v) is 4.62. The van der Waals surface area contributed by atoms with E-state index in [2.05, 4.69) is 19.9 Å². The molecule has 14 heavy (non-hydrogen) atoms. The molecule has 0 aromatic heterocycles. The van der Waals surface area contributed by atoms with Gasteiger partial charge in [-0.1, -0.05) is 30.9 Å². The fraction of sp³-hybridized carbons (Fsp3) is 0.769. The van der Waals surface area contributed by atoms with Crippen LogP contribution in [0.15, 0.2) is 11.6 Å². The summed E-state index contributed by atoms with van der Waals surface area (Å²) in [6.07, 6.45) is 10.0. The van der Waals surface area contributed by atoms with Crippen LogP contribution in [0.5, 0.6) is 0 Å². The molecule has 0 radical (unpaired) electrons. The first-order valence-corrected chi connectivity index (χ1v) is 5.86. The standard InChI is InChI=1S/C13H22O/c1-11(2)7-6-10-13(14)12-8-4-3-5-9-12/h7,12H,3-6,8-10H2,1-2H3. The zero-order valence-electron chi connectivity index (χ0n) is 9.51. The van der Waals surface area contributed by atoms with Gasteiger partial charge in [-0.2, -0.15) is 0 Å². The lowest BCUT2D eigenvalue weighted by atomic mass is 9.85. The minimum absolute atomic E-state index is 0.398. The Morgan fingerprint density at radius 3 is 2.43 bits per heavy atom. The highest BCUT2D eigenvalue weighted by molar-refractivity contribution is 5.81. The normalized spacial score (nSPS) is 17.9. The largest absolute Gasteiger partial charge is 0.299 e. The summed E-state index contributed by atoms with van der Waals surface area (Å²) in [4.78, 5) is 11.8. The first-order valence-electron chi connectivity index (χ1n) is 5.86. The molecule has 1 nitrogen and oxygen atoms in total. The Bertz CT molecular complexity index is 205. The zero-order chi connectivity index (χ0) is 10.4. The van der Waals surface area contributed by atoms with Gasteiger partial charge in [0, 0.05) is 12.3 Å². The summed E-state index contributed by atoms with van der Waals surface area (Å²) >= 11 is 0. The molecule has 0 bridgehead atoms. The van der Waals surface area contributed by atoms with Crippen LogP contribution >= 0.6 is 0 Å². The maximum atomic E-state index is 11.8. The Labute approximate surface area is 87.6 Å². The lowest BCUT2D eigenvalue weighted by Gasteiger charge is -2.19. The van der Waals surface area contributed by atoms with E-state index in [9.17, 15) is 4.79 Å². The van der Waals surface area contributed by atoms with Gasteiger partial charge >= 0.3 is 0 Å². The molecule has 0 unspecified atom stereocenters. The van der Waals surface area contributed by atoms with E-state index in [0.717, 1.165) is 25.7 Å². The summed E-state index contributed by atoms with van der Waals surface area (Å²) in [7, 11) is 0. The molecule has 80 valence electrons. The third-order valence-corrected chi connectivity index (χ3v) is 3.00. The van der Waals surface area contributed by atoms with E-state index in [1.165, 1.54) is 24.8 Å². The second kappa shape index (κ2) is 6.00. The molecule has 0 saturated heterocycles. The summed E-state index contributed by atoms with van der Waals surface area (Å²) in [5.41, 5.74) is 1.32. The van der Waals surface area contributed by atoms with Crippen molar-refractivity contribution in [3.63, 3.8) is 0 Å². The van der Waals surface area contributed by atoms with E-state index in [1.54, 1.807) is 0 Å². The van der Waals surface area contributed by atoms with Crippen molar-refractivity contribution in [3.8, 4) is 0 Å². The number of hydrogen-bond acceptors (Lipinski definition) is 1. The zero-order valence-corrected chi connectivity index (χ0v) is 9.51. The number of rotatable bonds is 4. The predicted molar refractivity (Wildman–Crippen MR) is 60.2 cm³/mol. The fourth-order valence-electron chi connectivity index (χ4n) is 2.13. The van der Waals surface area contributed by atoms with Crippen LogP contribution < -0.4 is 0 Å². The summed E-state index contributed by atoms with van der Waals surface area (Å²) in [6, 6.07) is 0. The summed E-state index contributed by atoms with van der Waals surface area (Å²) < 4.78 is 0. The average Bonchev–Trinajstić information content (AvgIpc) is 2.18. The van der Waals surface area contributed by atoms with Crippen molar-refractivity contribution in [1.29, 1.82) is 0 Å². The Morgan fingerprint density at radius 1 is 1.21 bits per heavy atom. The van der Waals surface area contributed by atoms with Crippen molar-refractivity contribution in [2.45, 2.75) is 58.8 Å². The van der Waals surface area contributed by atoms with Crippen molar-refractivity contribution >= 4 is 5.78 Å². The minimum Gasteiger partial charge on any atom is -0.299 e. The maximum absolute atomic E-state index is 11.8. The molecule has 0 atom stereocenters. The van der Waals surface area contributed by atoms with Crippen LogP contribution in [0.25, 0.3) is 0 Å². The molecule has 0 aromatic carbocycles. The van der Waals surface area contributed by atoms with Gasteiger partial charge < -0.3 is 0 Å². The number of Topliss-reactive ketones (excluding diaryl/α,β-unsaturated/α-hetero) is 1. The molecule has 1 aliphatic carbocycles. The van der Waals surface area contributed by atoms with E-state index in [0.29, 0.717) is 11.7 Å². The Kier molecular flexibility index (Phi) is 4.92. The molecule has 1 saturated carbocycles. The molecule has 0 spiro atoms. The number of allylic oxidation sites excluding steroid dienone is 2. The lowest BCUT2D eigenvalue weighted by Crippen LogP contribution is -2.17. The van der Waals surface area contributed by atoms with E-state index >= 15 is 0 Å². The third kappa shape index (κ3) is 4.08. The molecule has 0 amide bonds. The first-order chi connectivity index (χ1) is 6.70. The minimum atomic E-state index is 0.398. The first kappa shape index (κ1) is 11.5. The molecular weight excluding hydrogens is 172 g/mol. The predicted octanol–water partition coefficient (Wildman–Crippen LogP) is 3.88. The SMILES string of the molecule is CC(C)=CCCC(=O)C1CCCCC1. The van der Waals surface area contributed by atoms with Gasteiger partial charge in [0.1, 0.15) is 5.78 Å². The molecule has 0 heterocycles. The summed E-state index contributed by atoms with van der Waals surface area (Å²) in [5.74, 6) is 0.900. The maximum Gasteiger partial charge on any atom is 0.136 e. The van der Waals surface area contributed by atoms with Gasteiger partial charge in [0.15, 0.2) is 0 Å². The number of ketones is 1. The van der Waals surface area contributed by atoms with Crippen molar-refractivity contribution in [2.75, 3.05) is 0 Å². The number of hydrogen-bond donors (Lipinski definition) is 0. The number of carbonyl (C=O) groups is 1. The van der Waals surface area contributed by atoms with Crippen molar-refractivity contribution in [2.24, 2.45) is 5.92 Å². The van der Waals surface area contributed by atoms with Crippen molar-refractivity contribution < 1.29 is 4.79 Å². The van der Waals surface area contributed by atoms with E-state index < -0.39 is 0 Å². The molecule has 1 aliphatic rings. The summed E-state index contributed by atoms with van der Waals surface area (Å²) in [6.45, 7) is 4.18. The average molecular weight is 194 g/mol. The highest BCUT2D eigenvalue weighted by Crippen LogP contribution is 2.25. The molecule has 1 heteroatoms. The topological polar surface area (TPSA) is 17.1 Å². The van der Waals surface area contributed by atoms with Gasteiger partial charge in [-0.3, -0.25) is 4.79 Å². The van der Waals surface area contributed by atoms with Crippen LogP contribution in [0.3, 0.4) is 0 Å². The van der Waals surface area contributed by atoms with Crippen LogP contribution in [-0.4, -0.2) is 5.78 Å². The Morgan fingerprint density at radius 2 is 1.86 bits per heavy atom. The van der Waals surface area contributed by atoms with Gasteiger partial charge in [-0.25, -0.2) is 0 Å². The Hall–Kier alpha value is -0.590. The molecule has 1 rings (SSSR count). The molecule has 1 fully saturated rings. The molecular formula is C13H22O. The van der Waals surface area contributed by atoms with Gasteiger partial charge in [-0.15, -0.1) is 0 Å². The van der Waals surface area contributed by atoms with Crippen molar-refractivity contribution in [3.05, 3.63) is 11.6 Å². The third-order valence-electron chi connectivity index (χ3n) is 3.00. The van der Waals surface area contributed by atoms with E-state index in [1.807, 2.05) is 0 Å². The molecule has 0 aliphatic heterocycles. The van der Waals surface area contributed by atoms with Crippen LogP contribution in [-0.2, 0) is 4.79 Å². The Balaban J connectivity index is 2.23. The van der Waals surface area contributed by atoms with E-state index in [-0.39, 0.29) is 0 Å². The van der Waals surface area contributed by atoms with E-state index in [4.69, 9.17) is 0 Å². The van der Waals surface area contributed by atoms with Gasteiger partial charge in [0.2, 0.25) is 0 Å². The lowest BCUT2D eigenvalue weighted by molar-refractivity contribution is -0.123. The van der Waals surface area contributed by atoms with Gasteiger partial charge in [0.05, 0.1) is 0 Å². The second-order valence-electron chi connectivity index (χ2n) is 4.62. The van der Waals surface area contributed by atoms with Crippen molar-refractivity contribution in [1.82, 2.24) is 0 Å². The van der Waals surface area contributed by atoms with Gasteiger partial charge in [0.25, 0.3) is 0 Å². The fourth-order valence-corrected chi connectivity index (χ4v) is 2.13. The highest BCUT2D eigenvalue weighted by atomic mass is 16.1. The number of carbonyl (C=O) groups excluding carboxylic acids is 1. The van der Waals surface area contributed by atoms with Gasteiger partial charge in [-0.05, 0) is 33.1 Å².